The average molecular weight is 369 g/mol. The number of hydrogen-bond donors (Lipinski definition) is 1. The maximum Gasteiger partial charge on any atom is 0.232 e. The second kappa shape index (κ2) is 4.69. The van der Waals surface area contributed by atoms with Gasteiger partial charge in [-0.05, 0) is 46.2 Å². The minimum atomic E-state index is 0.228. The summed E-state index contributed by atoms with van der Waals surface area (Å²) >= 11 is 3.74. The zero-order valence-corrected chi connectivity index (χ0v) is 12.1. The van der Waals surface area contributed by atoms with Gasteiger partial charge in [-0.2, -0.15) is 4.98 Å². The van der Waals surface area contributed by atoms with Gasteiger partial charge in [0.1, 0.15) is 10.6 Å². The molecule has 0 saturated carbocycles. The van der Waals surface area contributed by atoms with Crippen LogP contribution in [0.25, 0.3) is 10.2 Å². The first-order valence-electron chi connectivity index (χ1n) is 5.17. The number of nitrogens with two attached hydrogens (primary N) is 1. The van der Waals surface area contributed by atoms with Crippen molar-refractivity contribution in [2.45, 2.75) is 0 Å². The number of ether oxygens (including phenoxy) is 1. The summed E-state index contributed by atoms with van der Waals surface area (Å²) < 4.78 is 6.85. The summed E-state index contributed by atoms with van der Waals surface area (Å²) in [6.45, 7) is 0. The lowest BCUT2D eigenvalue weighted by molar-refractivity contribution is 0.466. The fourth-order valence-electron chi connectivity index (χ4n) is 1.55. The zero-order chi connectivity index (χ0) is 12.5. The topological polar surface area (TPSA) is 61.0 Å². The first-order chi connectivity index (χ1) is 8.74. The Labute approximate surface area is 121 Å². The van der Waals surface area contributed by atoms with E-state index in [2.05, 4.69) is 32.6 Å². The monoisotopic (exact) mass is 369 g/mol. The van der Waals surface area contributed by atoms with Crippen LogP contribution in [-0.2, 0) is 0 Å². The second-order valence-corrected chi connectivity index (χ2v) is 5.62. The number of aromatic nitrogens is 2. The Bertz CT molecular complexity index is 713. The summed E-state index contributed by atoms with van der Waals surface area (Å²) in [5.41, 5.74) is 5.68. The molecule has 6 heteroatoms. The van der Waals surface area contributed by atoms with Gasteiger partial charge in [0.2, 0.25) is 11.8 Å². The molecule has 0 atom stereocenters. The van der Waals surface area contributed by atoms with Crippen LogP contribution in [0.5, 0.6) is 11.6 Å². The van der Waals surface area contributed by atoms with Gasteiger partial charge in [0, 0.05) is 0 Å². The Balaban J connectivity index is 2.10. The van der Waals surface area contributed by atoms with Crippen molar-refractivity contribution in [3.05, 3.63) is 39.3 Å². The minimum absolute atomic E-state index is 0.228. The molecule has 2 heterocycles. The van der Waals surface area contributed by atoms with Gasteiger partial charge in [-0.3, -0.25) is 0 Å². The third kappa shape index (κ3) is 2.13. The first kappa shape index (κ1) is 11.7. The Hall–Kier alpha value is -1.41. The third-order valence-electron chi connectivity index (χ3n) is 2.35. The fraction of sp³-hybridized carbons (Fsp3) is 0. The quantitative estimate of drug-likeness (QED) is 0.701. The van der Waals surface area contributed by atoms with E-state index in [1.54, 1.807) is 0 Å². The highest BCUT2D eigenvalue weighted by Gasteiger charge is 2.10. The molecule has 0 aliphatic heterocycles. The van der Waals surface area contributed by atoms with Crippen LogP contribution in [0.2, 0.25) is 0 Å². The molecule has 3 rings (SSSR count). The van der Waals surface area contributed by atoms with Crippen LogP contribution < -0.4 is 10.5 Å². The van der Waals surface area contributed by atoms with Crippen LogP contribution in [0.4, 0.5) is 5.95 Å². The van der Waals surface area contributed by atoms with Gasteiger partial charge < -0.3 is 10.5 Å². The standard InChI is InChI=1S/C12H8IN3OS/c13-8-3-1-2-4-9(8)17-10-7-5-6-18-11(7)16-12(14)15-10/h1-6H,(H2,14,15,16). The Kier molecular flexibility index (Phi) is 3.04. The highest BCUT2D eigenvalue weighted by atomic mass is 127. The molecule has 1 aromatic carbocycles. The van der Waals surface area contributed by atoms with E-state index in [1.165, 1.54) is 11.3 Å². The van der Waals surface area contributed by atoms with Crippen molar-refractivity contribution in [2.75, 3.05) is 5.73 Å². The van der Waals surface area contributed by atoms with E-state index < -0.39 is 0 Å². The molecule has 2 aromatic heterocycles. The largest absolute Gasteiger partial charge is 0.437 e. The van der Waals surface area contributed by atoms with Crippen molar-refractivity contribution < 1.29 is 4.74 Å². The average Bonchev–Trinajstić information content (AvgIpc) is 2.80. The predicted octanol–water partition coefficient (Wildman–Crippen LogP) is 3.67. The van der Waals surface area contributed by atoms with E-state index in [-0.39, 0.29) is 5.95 Å². The lowest BCUT2D eigenvalue weighted by atomic mass is 10.3. The van der Waals surface area contributed by atoms with Crippen molar-refractivity contribution in [1.82, 2.24) is 9.97 Å². The number of rotatable bonds is 2. The number of nitrogens with zero attached hydrogens (tertiary/aromatic N) is 2. The van der Waals surface area contributed by atoms with E-state index in [4.69, 9.17) is 10.5 Å². The highest BCUT2D eigenvalue weighted by molar-refractivity contribution is 14.1. The van der Waals surface area contributed by atoms with Crippen molar-refractivity contribution in [1.29, 1.82) is 0 Å². The Morgan fingerprint density at radius 1 is 1.17 bits per heavy atom. The van der Waals surface area contributed by atoms with Crippen molar-refractivity contribution in [3.63, 3.8) is 0 Å². The van der Waals surface area contributed by atoms with Crippen LogP contribution in [0.15, 0.2) is 35.7 Å². The summed E-state index contributed by atoms with van der Waals surface area (Å²) in [6, 6.07) is 9.70. The number of hydrogen-bond acceptors (Lipinski definition) is 5. The van der Waals surface area contributed by atoms with E-state index >= 15 is 0 Å². The van der Waals surface area contributed by atoms with E-state index in [1.807, 2.05) is 35.7 Å². The van der Waals surface area contributed by atoms with Crippen LogP contribution in [0.1, 0.15) is 0 Å². The Morgan fingerprint density at radius 2 is 2.00 bits per heavy atom. The minimum Gasteiger partial charge on any atom is -0.437 e. The highest BCUT2D eigenvalue weighted by Crippen LogP contribution is 2.32. The second-order valence-electron chi connectivity index (χ2n) is 3.56. The molecule has 4 nitrogen and oxygen atoms in total. The molecule has 0 amide bonds. The molecular formula is C12H8IN3OS. The molecule has 2 N–H and O–H groups in total. The number of para-hydroxylation sites is 1. The summed E-state index contributed by atoms with van der Waals surface area (Å²) in [5, 5.41) is 2.83. The van der Waals surface area contributed by atoms with Gasteiger partial charge >= 0.3 is 0 Å². The maximum absolute atomic E-state index is 5.83. The van der Waals surface area contributed by atoms with Gasteiger partial charge in [0.15, 0.2) is 0 Å². The zero-order valence-electron chi connectivity index (χ0n) is 9.13. The molecule has 0 spiro atoms. The molecule has 0 aliphatic carbocycles. The van der Waals surface area contributed by atoms with Crippen LogP contribution in [-0.4, -0.2) is 9.97 Å². The number of anilines is 1. The van der Waals surface area contributed by atoms with Crippen LogP contribution >= 0.6 is 33.9 Å². The van der Waals surface area contributed by atoms with Crippen molar-refractivity contribution in [3.8, 4) is 11.6 Å². The van der Waals surface area contributed by atoms with Crippen LogP contribution in [0, 0.1) is 3.57 Å². The lowest BCUT2D eigenvalue weighted by Gasteiger charge is -2.07. The van der Waals surface area contributed by atoms with E-state index in [0.717, 1.165) is 19.5 Å². The lowest BCUT2D eigenvalue weighted by Crippen LogP contribution is -1.97. The molecular weight excluding hydrogens is 361 g/mol. The molecule has 0 unspecified atom stereocenters. The number of halogens is 1. The number of nitrogen functional groups attached to an aromatic ring is 1. The maximum atomic E-state index is 5.83. The number of benzene rings is 1. The molecule has 0 radical (unpaired) electrons. The van der Waals surface area contributed by atoms with Gasteiger partial charge in [-0.15, -0.1) is 11.3 Å². The normalized spacial score (nSPS) is 10.7. The van der Waals surface area contributed by atoms with Crippen molar-refractivity contribution in [2.24, 2.45) is 0 Å². The van der Waals surface area contributed by atoms with Gasteiger partial charge in [0.05, 0.1) is 8.96 Å². The number of fused-ring (bicyclic) bond motifs is 1. The molecule has 0 saturated heterocycles. The summed E-state index contributed by atoms with van der Waals surface area (Å²) in [5.74, 6) is 1.50. The fourth-order valence-corrected chi connectivity index (χ4v) is 2.81. The molecule has 0 bridgehead atoms. The van der Waals surface area contributed by atoms with Gasteiger partial charge in [-0.1, -0.05) is 12.1 Å². The van der Waals surface area contributed by atoms with E-state index in [0.29, 0.717) is 5.88 Å². The smallest absolute Gasteiger partial charge is 0.232 e. The molecule has 3 aromatic rings. The van der Waals surface area contributed by atoms with E-state index in [9.17, 15) is 0 Å². The van der Waals surface area contributed by atoms with Crippen LogP contribution in [0.3, 0.4) is 0 Å². The molecule has 18 heavy (non-hydrogen) atoms. The Morgan fingerprint density at radius 3 is 2.83 bits per heavy atom. The van der Waals surface area contributed by atoms with Crippen molar-refractivity contribution >= 4 is 50.1 Å². The summed E-state index contributed by atoms with van der Waals surface area (Å²) in [7, 11) is 0. The molecule has 0 fully saturated rings. The molecule has 90 valence electrons. The number of thiophene rings is 1. The summed E-state index contributed by atoms with van der Waals surface area (Å²) in [6.07, 6.45) is 0. The van der Waals surface area contributed by atoms with Gasteiger partial charge in [0.25, 0.3) is 0 Å². The third-order valence-corrected chi connectivity index (χ3v) is 4.05. The van der Waals surface area contributed by atoms with Gasteiger partial charge in [-0.25, -0.2) is 4.98 Å². The first-order valence-corrected chi connectivity index (χ1v) is 7.13. The SMILES string of the molecule is Nc1nc(Oc2ccccc2I)c2ccsc2n1. The predicted molar refractivity (Wildman–Crippen MR) is 81.1 cm³/mol. The summed E-state index contributed by atoms with van der Waals surface area (Å²) in [4.78, 5) is 9.16. The molecule has 0 aliphatic rings.